The van der Waals surface area contributed by atoms with Crippen LogP contribution >= 0.6 is 0 Å². The molecule has 0 heterocycles. The number of Topliss-reactive ketones (excluding diaryl/α,β-unsaturated/α-hetero) is 1. The van der Waals surface area contributed by atoms with E-state index in [1.165, 1.54) is 24.8 Å². The van der Waals surface area contributed by atoms with Crippen LogP contribution in [0.1, 0.15) is 58.4 Å². The Kier molecular flexibility index (Phi) is 4.85. The molecule has 1 fully saturated rings. The van der Waals surface area contributed by atoms with E-state index in [-0.39, 0.29) is 23.7 Å². The minimum Gasteiger partial charge on any atom is -0.486 e. The molecule has 1 aliphatic carbocycles. The number of carbonyl (C=O) groups is 1. The van der Waals surface area contributed by atoms with Gasteiger partial charge in [-0.05, 0) is 36.0 Å². The van der Waals surface area contributed by atoms with Crippen molar-refractivity contribution in [3.63, 3.8) is 0 Å². The van der Waals surface area contributed by atoms with Crippen molar-refractivity contribution in [3.8, 4) is 5.75 Å². The molecule has 0 saturated heterocycles. The van der Waals surface area contributed by atoms with E-state index in [0.29, 0.717) is 0 Å². The van der Waals surface area contributed by atoms with Crippen LogP contribution in [0, 0.1) is 5.92 Å². The summed E-state index contributed by atoms with van der Waals surface area (Å²) in [4.78, 5) is 12.1. The predicted molar refractivity (Wildman–Crippen MR) is 82.2 cm³/mol. The van der Waals surface area contributed by atoms with Gasteiger partial charge in [0.2, 0.25) is 0 Å². The molecule has 0 amide bonds. The minimum absolute atomic E-state index is 0.149. The molecular formula is C18H26O2. The highest BCUT2D eigenvalue weighted by Gasteiger charge is 2.21. The Labute approximate surface area is 122 Å². The third kappa shape index (κ3) is 4.09. The smallest absolute Gasteiger partial charge is 0.173 e. The average Bonchev–Trinajstić information content (AvgIpc) is 2.45. The molecular weight excluding hydrogens is 248 g/mol. The Morgan fingerprint density at radius 3 is 2.25 bits per heavy atom. The van der Waals surface area contributed by atoms with Gasteiger partial charge >= 0.3 is 0 Å². The van der Waals surface area contributed by atoms with Crippen molar-refractivity contribution in [1.82, 2.24) is 0 Å². The van der Waals surface area contributed by atoms with Gasteiger partial charge in [-0.25, -0.2) is 0 Å². The van der Waals surface area contributed by atoms with E-state index in [4.69, 9.17) is 4.74 Å². The van der Waals surface area contributed by atoms with Crippen LogP contribution in [0.2, 0.25) is 0 Å². The van der Waals surface area contributed by atoms with Gasteiger partial charge in [0.05, 0.1) is 0 Å². The maximum atomic E-state index is 12.1. The third-order valence-electron chi connectivity index (χ3n) is 4.16. The summed E-state index contributed by atoms with van der Waals surface area (Å²) < 4.78 is 5.64. The van der Waals surface area contributed by atoms with E-state index >= 15 is 0 Å². The quantitative estimate of drug-likeness (QED) is 0.807. The first-order valence-corrected chi connectivity index (χ1v) is 7.73. The SMILES string of the molecule is CC(C)(C)c1ccc(OCC(=O)C2CCCCC2)cc1. The monoisotopic (exact) mass is 274 g/mol. The molecule has 2 heteroatoms. The Bertz CT molecular complexity index is 433. The molecule has 1 aromatic carbocycles. The number of carbonyl (C=O) groups excluding carboxylic acids is 1. The van der Waals surface area contributed by atoms with Crippen LogP contribution in [0.4, 0.5) is 0 Å². The fraction of sp³-hybridized carbons (Fsp3) is 0.611. The number of ether oxygens (including phenoxy) is 1. The molecule has 0 radical (unpaired) electrons. The van der Waals surface area contributed by atoms with Crippen LogP contribution < -0.4 is 4.74 Å². The fourth-order valence-corrected chi connectivity index (χ4v) is 2.75. The maximum absolute atomic E-state index is 12.1. The highest BCUT2D eigenvalue weighted by molar-refractivity contribution is 5.82. The molecule has 0 N–H and O–H groups in total. The third-order valence-corrected chi connectivity index (χ3v) is 4.16. The normalized spacial score (nSPS) is 16.9. The molecule has 1 aromatic rings. The molecule has 2 rings (SSSR count). The molecule has 0 bridgehead atoms. The topological polar surface area (TPSA) is 26.3 Å². The van der Waals surface area contributed by atoms with Crippen LogP contribution in [0.3, 0.4) is 0 Å². The van der Waals surface area contributed by atoms with Crippen molar-refractivity contribution in [2.45, 2.75) is 58.3 Å². The molecule has 0 aliphatic heterocycles. The van der Waals surface area contributed by atoms with Gasteiger partial charge in [-0.3, -0.25) is 4.79 Å². The van der Waals surface area contributed by atoms with Crippen molar-refractivity contribution in [2.75, 3.05) is 6.61 Å². The summed E-state index contributed by atoms with van der Waals surface area (Å²) in [6.45, 7) is 6.79. The second-order valence-corrected chi connectivity index (χ2v) is 6.86. The molecule has 1 aliphatic rings. The lowest BCUT2D eigenvalue weighted by molar-refractivity contribution is -0.125. The Balaban J connectivity index is 1.86. The van der Waals surface area contributed by atoms with Crippen LogP contribution in [0.25, 0.3) is 0 Å². The molecule has 110 valence electrons. The van der Waals surface area contributed by atoms with Gasteiger partial charge in [0.1, 0.15) is 12.4 Å². The highest BCUT2D eigenvalue weighted by atomic mass is 16.5. The van der Waals surface area contributed by atoms with Crippen LogP contribution in [-0.2, 0) is 10.2 Å². The second-order valence-electron chi connectivity index (χ2n) is 6.86. The van der Waals surface area contributed by atoms with Gasteiger partial charge in [0.25, 0.3) is 0 Å². The molecule has 0 aromatic heterocycles. The average molecular weight is 274 g/mol. The second kappa shape index (κ2) is 6.43. The zero-order valence-electron chi connectivity index (χ0n) is 12.9. The summed E-state index contributed by atoms with van der Waals surface area (Å²) in [6.07, 6.45) is 5.75. The van der Waals surface area contributed by atoms with Crippen molar-refractivity contribution in [1.29, 1.82) is 0 Å². The van der Waals surface area contributed by atoms with E-state index in [1.54, 1.807) is 0 Å². The standard InChI is InChI=1S/C18H26O2/c1-18(2,3)15-9-11-16(12-10-15)20-13-17(19)14-7-5-4-6-8-14/h9-12,14H,4-8,13H2,1-3H3. The summed E-state index contributed by atoms with van der Waals surface area (Å²) in [5, 5.41) is 0. The van der Waals surface area contributed by atoms with Crippen molar-refractivity contribution >= 4 is 5.78 Å². The van der Waals surface area contributed by atoms with Crippen molar-refractivity contribution in [2.24, 2.45) is 5.92 Å². The highest BCUT2D eigenvalue weighted by Crippen LogP contribution is 2.26. The van der Waals surface area contributed by atoms with Crippen LogP contribution in [0.15, 0.2) is 24.3 Å². The molecule has 20 heavy (non-hydrogen) atoms. The first kappa shape index (κ1) is 15.1. The van der Waals surface area contributed by atoms with E-state index < -0.39 is 0 Å². The molecule has 0 atom stereocenters. The number of hydrogen-bond acceptors (Lipinski definition) is 2. The first-order chi connectivity index (χ1) is 9.47. The van der Waals surface area contributed by atoms with Gasteiger partial charge in [-0.2, -0.15) is 0 Å². The zero-order valence-corrected chi connectivity index (χ0v) is 12.9. The van der Waals surface area contributed by atoms with E-state index in [9.17, 15) is 4.79 Å². The molecule has 0 spiro atoms. The number of benzene rings is 1. The van der Waals surface area contributed by atoms with Gasteiger partial charge in [0, 0.05) is 5.92 Å². The Morgan fingerprint density at radius 2 is 1.70 bits per heavy atom. The Morgan fingerprint density at radius 1 is 1.10 bits per heavy atom. The fourth-order valence-electron chi connectivity index (χ4n) is 2.75. The summed E-state index contributed by atoms with van der Waals surface area (Å²) in [5.41, 5.74) is 1.43. The summed E-state index contributed by atoms with van der Waals surface area (Å²) in [5.74, 6) is 1.30. The number of hydrogen-bond donors (Lipinski definition) is 0. The molecule has 1 saturated carbocycles. The van der Waals surface area contributed by atoms with Gasteiger partial charge in [0.15, 0.2) is 5.78 Å². The van der Waals surface area contributed by atoms with Crippen LogP contribution in [0.5, 0.6) is 5.75 Å². The molecule has 2 nitrogen and oxygen atoms in total. The van der Waals surface area contributed by atoms with Crippen molar-refractivity contribution < 1.29 is 9.53 Å². The number of rotatable bonds is 4. The minimum atomic E-state index is 0.149. The van der Waals surface area contributed by atoms with Gasteiger partial charge < -0.3 is 4.74 Å². The number of ketones is 1. The van der Waals surface area contributed by atoms with E-state index in [0.717, 1.165) is 18.6 Å². The van der Waals surface area contributed by atoms with Gasteiger partial charge in [-0.1, -0.05) is 52.2 Å². The molecule has 0 unspecified atom stereocenters. The summed E-state index contributed by atoms with van der Waals surface area (Å²) >= 11 is 0. The Hall–Kier alpha value is -1.31. The van der Waals surface area contributed by atoms with Crippen molar-refractivity contribution in [3.05, 3.63) is 29.8 Å². The van der Waals surface area contributed by atoms with Gasteiger partial charge in [-0.15, -0.1) is 0 Å². The largest absolute Gasteiger partial charge is 0.486 e. The lowest BCUT2D eigenvalue weighted by atomic mass is 9.86. The zero-order chi connectivity index (χ0) is 14.6. The lowest BCUT2D eigenvalue weighted by Crippen LogP contribution is -2.23. The summed E-state index contributed by atoms with van der Waals surface area (Å²) in [6, 6.07) is 8.10. The first-order valence-electron chi connectivity index (χ1n) is 7.73. The predicted octanol–water partition coefficient (Wildman–Crippen LogP) is 4.51. The van der Waals surface area contributed by atoms with E-state index in [2.05, 4.69) is 32.9 Å². The lowest BCUT2D eigenvalue weighted by Gasteiger charge is -2.21. The maximum Gasteiger partial charge on any atom is 0.173 e. The van der Waals surface area contributed by atoms with Crippen LogP contribution in [-0.4, -0.2) is 12.4 Å². The van der Waals surface area contributed by atoms with E-state index in [1.807, 2.05) is 12.1 Å². The summed E-state index contributed by atoms with van der Waals surface area (Å²) in [7, 11) is 0.